The lowest BCUT2D eigenvalue weighted by atomic mass is 10.1. The molecular weight excluding hydrogens is 226 g/mol. The summed E-state index contributed by atoms with van der Waals surface area (Å²) in [6, 6.07) is 7.68. The molecule has 0 spiro atoms. The number of rotatable bonds is 4. The highest BCUT2D eigenvalue weighted by Gasteiger charge is 2.09. The summed E-state index contributed by atoms with van der Waals surface area (Å²) in [4.78, 5) is 13.4. The second kappa shape index (κ2) is 7.52. The molecule has 0 saturated heterocycles. The van der Waals surface area contributed by atoms with Crippen LogP contribution in [0.25, 0.3) is 0 Å². The average Bonchev–Trinajstić information content (AvgIpc) is 2.38. The van der Waals surface area contributed by atoms with E-state index in [-0.39, 0.29) is 12.5 Å². The van der Waals surface area contributed by atoms with Gasteiger partial charge in [0.25, 0.3) is 0 Å². The van der Waals surface area contributed by atoms with Crippen LogP contribution in [0.3, 0.4) is 0 Å². The molecule has 0 aliphatic heterocycles. The molecule has 0 atom stereocenters. The summed E-state index contributed by atoms with van der Waals surface area (Å²) in [5, 5.41) is 8.72. The SMILES string of the molecule is CCCC(=O)N(C)Cc1ccccc1C#CCO. The van der Waals surface area contributed by atoms with E-state index < -0.39 is 0 Å². The Bertz CT molecular complexity index is 457. The first-order valence-electron chi connectivity index (χ1n) is 6.10. The second-order valence-electron chi connectivity index (χ2n) is 4.12. The van der Waals surface area contributed by atoms with Gasteiger partial charge in [-0.3, -0.25) is 4.79 Å². The Morgan fingerprint density at radius 1 is 1.39 bits per heavy atom. The zero-order valence-electron chi connectivity index (χ0n) is 10.9. The van der Waals surface area contributed by atoms with Gasteiger partial charge in [0.15, 0.2) is 0 Å². The highest BCUT2D eigenvalue weighted by molar-refractivity contribution is 5.75. The number of carbonyl (C=O) groups excluding carboxylic acids is 1. The molecule has 1 N–H and O–H groups in total. The lowest BCUT2D eigenvalue weighted by Gasteiger charge is -2.17. The Morgan fingerprint density at radius 3 is 2.78 bits per heavy atom. The van der Waals surface area contributed by atoms with Gasteiger partial charge in [0.2, 0.25) is 5.91 Å². The maximum atomic E-state index is 11.7. The van der Waals surface area contributed by atoms with Crippen molar-refractivity contribution in [2.75, 3.05) is 13.7 Å². The van der Waals surface area contributed by atoms with Crippen LogP contribution in [0.1, 0.15) is 30.9 Å². The number of aliphatic hydroxyl groups excluding tert-OH is 1. The summed E-state index contributed by atoms with van der Waals surface area (Å²) < 4.78 is 0. The number of amides is 1. The molecule has 1 rings (SSSR count). The van der Waals surface area contributed by atoms with E-state index in [9.17, 15) is 4.79 Å². The minimum absolute atomic E-state index is 0.141. The van der Waals surface area contributed by atoms with Crippen molar-refractivity contribution in [1.82, 2.24) is 4.90 Å². The number of hydrogen-bond donors (Lipinski definition) is 1. The van der Waals surface area contributed by atoms with Crippen LogP contribution in [0.15, 0.2) is 24.3 Å². The fourth-order valence-electron chi connectivity index (χ4n) is 1.66. The largest absolute Gasteiger partial charge is 0.384 e. The molecule has 3 nitrogen and oxygen atoms in total. The van der Waals surface area contributed by atoms with E-state index in [1.54, 1.807) is 11.9 Å². The van der Waals surface area contributed by atoms with Crippen molar-refractivity contribution in [2.24, 2.45) is 0 Å². The normalized spacial score (nSPS) is 9.50. The van der Waals surface area contributed by atoms with Gasteiger partial charge in [-0.05, 0) is 18.1 Å². The van der Waals surface area contributed by atoms with Crippen LogP contribution >= 0.6 is 0 Å². The standard InChI is InChI=1S/C15H19NO2/c1-3-7-15(18)16(2)12-14-9-5-4-8-13(14)10-6-11-17/h4-5,8-9,17H,3,7,11-12H2,1-2H3. The molecule has 0 radical (unpaired) electrons. The molecule has 0 heterocycles. The minimum atomic E-state index is -0.154. The van der Waals surface area contributed by atoms with Crippen LogP contribution < -0.4 is 0 Å². The Hall–Kier alpha value is -1.79. The van der Waals surface area contributed by atoms with Gasteiger partial charge in [-0.2, -0.15) is 0 Å². The molecule has 0 bridgehead atoms. The van der Waals surface area contributed by atoms with E-state index in [2.05, 4.69) is 11.8 Å². The third-order valence-electron chi connectivity index (χ3n) is 2.62. The van der Waals surface area contributed by atoms with E-state index >= 15 is 0 Å². The number of carbonyl (C=O) groups is 1. The summed E-state index contributed by atoms with van der Waals surface area (Å²) in [5.74, 6) is 5.68. The molecule has 3 heteroatoms. The third kappa shape index (κ3) is 4.23. The smallest absolute Gasteiger partial charge is 0.222 e. The summed E-state index contributed by atoms with van der Waals surface area (Å²) in [6.07, 6.45) is 1.43. The Kier molecular flexibility index (Phi) is 5.96. The van der Waals surface area contributed by atoms with Gasteiger partial charge in [0.1, 0.15) is 6.61 Å². The van der Waals surface area contributed by atoms with Crippen molar-refractivity contribution in [3.8, 4) is 11.8 Å². The highest BCUT2D eigenvalue weighted by Crippen LogP contribution is 2.10. The van der Waals surface area contributed by atoms with Crippen LogP contribution in [0.2, 0.25) is 0 Å². The maximum absolute atomic E-state index is 11.7. The monoisotopic (exact) mass is 245 g/mol. The fourth-order valence-corrected chi connectivity index (χ4v) is 1.66. The summed E-state index contributed by atoms with van der Waals surface area (Å²) >= 11 is 0. The highest BCUT2D eigenvalue weighted by atomic mass is 16.2. The van der Waals surface area contributed by atoms with Gasteiger partial charge in [-0.15, -0.1) is 0 Å². The summed E-state index contributed by atoms with van der Waals surface area (Å²) in [7, 11) is 1.80. The van der Waals surface area contributed by atoms with Crippen molar-refractivity contribution in [2.45, 2.75) is 26.3 Å². The molecule has 0 fully saturated rings. The van der Waals surface area contributed by atoms with Gasteiger partial charge < -0.3 is 10.0 Å². The number of nitrogens with zero attached hydrogens (tertiary/aromatic N) is 1. The molecule has 0 aliphatic rings. The van der Waals surface area contributed by atoms with Gasteiger partial charge in [-0.25, -0.2) is 0 Å². The molecule has 18 heavy (non-hydrogen) atoms. The van der Waals surface area contributed by atoms with E-state index in [4.69, 9.17) is 5.11 Å². The first-order chi connectivity index (χ1) is 8.69. The van der Waals surface area contributed by atoms with Gasteiger partial charge in [-0.1, -0.05) is 37.0 Å². The van der Waals surface area contributed by atoms with Crippen molar-refractivity contribution < 1.29 is 9.90 Å². The van der Waals surface area contributed by atoms with E-state index in [1.807, 2.05) is 31.2 Å². The number of benzene rings is 1. The predicted octanol–water partition coefficient (Wildman–Crippen LogP) is 1.79. The Balaban J connectivity index is 2.80. The number of hydrogen-bond acceptors (Lipinski definition) is 2. The zero-order chi connectivity index (χ0) is 13.4. The Morgan fingerprint density at radius 2 is 2.11 bits per heavy atom. The van der Waals surface area contributed by atoms with Gasteiger partial charge in [0.05, 0.1) is 0 Å². The van der Waals surface area contributed by atoms with Crippen LogP contribution in [-0.2, 0) is 11.3 Å². The summed E-state index contributed by atoms with van der Waals surface area (Å²) in [5.41, 5.74) is 1.87. The van der Waals surface area contributed by atoms with E-state index in [0.717, 1.165) is 17.5 Å². The third-order valence-corrected chi connectivity index (χ3v) is 2.62. The quantitative estimate of drug-likeness (QED) is 0.822. The lowest BCUT2D eigenvalue weighted by Crippen LogP contribution is -2.26. The van der Waals surface area contributed by atoms with Crippen molar-refractivity contribution in [1.29, 1.82) is 0 Å². The van der Waals surface area contributed by atoms with Crippen molar-refractivity contribution >= 4 is 5.91 Å². The molecule has 1 amide bonds. The van der Waals surface area contributed by atoms with Crippen LogP contribution in [-0.4, -0.2) is 29.6 Å². The van der Waals surface area contributed by atoms with Crippen LogP contribution in [0, 0.1) is 11.8 Å². The number of aliphatic hydroxyl groups is 1. The second-order valence-corrected chi connectivity index (χ2v) is 4.12. The Labute approximate surface area is 108 Å². The zero-order valence-corrected chi connectivity index (χ0v) is 10.9. The molecule has 1 aromatic carbocycles. The molecular formula is C15H19NO2. The summed E-state index contributed by atoms with van der Waals surface area (Å²) in [6.45, 7) is 2.39. The first kappa shape index (κ1) is 14.3. The minimum Gasteiger partial charge on any atom is -0.384 e. The molecule has 1 aromatic rings. The topological polar surface area (TPSA) is 40.5 Å². The molecule has 0 unspecified atom stereocenters. The van der Waals surface area contributed by atoms with Gasteiger partial charge in [0, 0.05) is 25.6 Å². The predicted molar refractivity (Wildman–Crippen MR) is 71.8 cm³/mol. The van der Waals surface area contributed by atoms with E-state index in [1.165, 1.54) is 0 Å². The molecule has 0 aromatic heterocycles. The molecule has 0 aliphatic carbocycles. The fraction of sp³-hybridized carbons (Fsp3) is 0.400. The first-order valence-corrected chi connectivity index (χ1v) is 6.10. The van der Waals surface area contributed by atoms with E-state index in [0.29, 0.717) is 13.0 Å². The molecule has 96 valence electrons. The van der Waals surface area contributed by atoms with Crippen molar-refractivity contribution in [3.63, 3.8) is 0 Å². The van der Waals surface area contributed by atoms with Crippen molar-refractivity contribution in [3.05, 3.63) is 35.4 Å². The van der Waals surface area contributed by atoms with Gasteiger partial charge >= 0.3 is 0 Å². The van der Waals surface area contributed by atoms with Crippen LogP contribution in [0.4, 0.5) is 0 Å². The van der Waals surface area contributed by atoms with Crippen LogP contribution in [0.5, 0.6) is 0 Å². The lowest BCUT2D eigenvalue weighted by molar-refractivity contribution is -0.130. The average molecular weight is 245 g/mol. The molecule has 0 saturated carbocycles. The maximum Gasteiger partial charge on any atom is 0.222 e.